The molecule has 0 aliphatic carbocycles. The van der Waals surface area contributed by atoms with Crippen LogP contribution in [0.2, 0.25) is 0 Å². The third kappa shape index (κ3) is 1.21. The summed E-state index contributed by atoms with van der Waals surface area (Å²) in [4.78, 5) is 24.0. The Balaban J connectivity index is 2.43. The van der Waals surface area contributed by atoms with Gasteiger partial charge in [0.2, 0.25) is 11.8 Å². The molecule has 2 amide bonds. The Hall–Kier alpha value is -1.65. The fourth-order valence-corrected chi connectivity index (χ4v) is 1.64. The van der Waals surface area contributed by atoms with E-state index in [0.717, 1.165) is 5.69 Å². The number of imide groups is 1. The van der Waals surface area contributed by atoms with Crippen LogP contribution in [0.4, 0.5) is 5.82 Å². The summed E-state index contributed by atoms with van der Waals surface area (Å²) in [5.41, 5.74) is 0.801. The molecule has 14 heavy (non-hydrogen) atoms. The van der Waals surface area contributed by atoms with Crippen molar-refractivity contribution in [2.75, 3.05) is 4.90 Å². The summed E-state index contributed by atoms with van der Waals surface area (Å²) in [6.07, 6.45) is 0.617. The minimum atomic E-state index is -0.141. The molecule has 2 heterocycles. The Kier molecular flexibility index (Phi) is 1.87. The summed E-state index contributed by atoms with van der Waals surface area (Å²) in [6, 6.07) is 1.74. The van der Waals surface area contributed by atoms with Crippen LogP contribution in [-0.2, 0) is 16.6 Å². The molecule has 1 aromatic heterocycles. The van der Waals surface area contributed by atoms with E-state index in [1.54, 1.807) is 17.8 Å². The Morgan fingerprint density at radius 1 is 1.29 bits per heavy atom. The Morgan fingerprint density at radius 3 is 2.29 bits per heavy atom. The van der Waals surface area contributed by atoms with Crippen molar-refractivity contribution in [3.63, 3.8) is 0 Å². The van der Waals surface area contributed by atoms with E-state index in [1.165, 1.54) is 4.90 Å². The molecule has 1 fully saturated rings. The van der Waals surface area contributed by atoms with Crippen LogP contribution in [-0.4, -0.2) is 21.6 Å². The number of carbonyl (C=O) groups excluding carboxylic acids is 2. The van der Waals surface area contributed by atoms with Gasteiger partial charge >= 0.3 is 0 Å². The second-order valence-electron chi connectivity index (χ2n) is 3.39. The molecule has 5 heteroatoms. The Labute approximate surface area is 81.3 Å². The first kappa shape index (κ1) is 8.93. The minimum absolute atomic E-state index is 0.141. The molecule has 0 N–H and O–H groups in total. The monoisotopic (exact) mass is 193 g/mol. The normalized spacial score (nSPS) is 16.9. The second kappa shape index (κ2) is 2.94. The van der Waals surface area contributed by atoms with Crippen molar-refractivity contribution in [2.24, 2.45) is 7.05 Å². The van der Waals surface area contributed by atoms with Gasteiger partial charge in [0, 0.05) is 26.0 Å². The average molecular weight is 193 g/mol. The lowest BCUT2D eigenvalue weighted by Gasteiger charge is -2.12. The van der Waals surface area contributed by atoms with Gasteiger partial charge in [-0.3, -0.25) is 14.3 Å². The number of hydrogen-bond acceptors (Lipinski definition) is 3. The summed E-state index contributed by atoms with van der Waals surface area (Å²) in [6.45, 7) is 1.83. The van der Waals surface area contributed by atoms with Crippen molar-refractivity contribution in [1.82, 2.24) is 9.78 Å². The first-order chi connectivity index (χ1) is 6.59. The number of aryl methyl sites for hydroxylation is 2. The second-order valence-corrected chi connectivity index (χ2v) is 3.39. The molecule has 1 saturated heterocycles. The molecule has 0 atom stereocenters. The average Bonchev–Trinajstić information content (AvgIpc) is 2.57. The molecule has 0 saturated carbocycles. The molecule has 2 rings (SSSR count). The van der Waals surface area contributed by atoms with Gasteiger partial charge in [-0.1, -0.05) is 0 Å². The van der Waals surface area contributed by atoms with Gasteiger partial charge in [-0.05, 0) is 6.92 Å². The maximum atomic E-state index is 11.4. The van der Waals surface area contributed by atoms with Gasteiger partial charge in [0.05, 0.1) is 5.69 Å². The Morgan fingerprint density at radius 2 is 1.86 bits per heavy atom. The molecule has 1 aromatic rings. The van der Waals surface area contributed by atoms with E-state index in [4.69, 9.17) is 0 Å². The summed E-state index contributed by atoms with van der Waals surface area (Å²) in [5.74, 6) is 0.283. The first-order valence-electron chi connectivity index (χ1n) is 4.46. The van der Waals surface area contributed by atoms with E-state index in [0.29, 0.717) is 18.7 Å². The lowest BCUT2D eigenvalue weighted by atomic mass is 10.4. The highest BCUT2D eigenvalue weighted by Crippen LogP contribution is 2.22. The summed E-state index contributed by atoms with van der Waals surface area (Å²) < 4.78 is 1.55. The van der Waals surface area contributed by atoms with Gasteiger partial charge in [0.25, 0.3) is 0 Å². The van der Waals surface area contributed by atoms with Crippen LogP contribution in [0.1, 0.15) is 18.5 Å². The number of aromatic nitrogens is 2. The molecule has 0 bridgehead atoms. The zero-order valence-electron chi connectivity index (χ0n) is 8.15. The molecule has 0 spiro atoms. The summed E-state index contributed by atoms with van der Waals surface area (Å²) >= 11 is 0. The van der Waals surface area contributed by atoms with Crippen LogP contribution in [0, 0.1) is 6.92 Å². The number of carbonyl (C=O) groups is 2. The van der Waals surface area contributed by atoms with E-state index in [1.807, 2.05) is 6.92 Å². The molecule has 1 aliphatic heterocycles. The van der Waals surface area contributed by atoms with E-state index >= 15 is 0 Å². The van der Waals surface area contributed by atoms with Gasteiger partial charge in [-0.25, -0.2) is 4.90 Å². The van der Waals surface area contributed by atoms with Crippen molar-refractivity contribution in [3.8, 4) is 0 Å². The zero-order valence-corrected chi connectivity index (χ0v) is 8.15. The molecular weight excluding hydrogens is 182 g/mol. The van der Waals surface area contributed by atoms with E-state index < -0.39 is 0 Å². The predicted molar refractivity (Wildman–Crippen MR) is 49.7 cm³/mol. The lowest BCUT2D eigenvalue weighted by Crippen LogP contribution is -2.30. The van der Waals surface area contributed by atoms with Gasteiger partial charge in [0.15, 0.2) is 0 Å². The van der Waals surface area contributed by atoms with Crippen molar-refractivity contribution in [2.45, 2.75) is 19.8 Å². The Bertz CT molecular complexity index is 392. The third-order valence-electron chi connectivity index (χ3n) is 2.26. The van der Waals surface area contributed by atoms with Crippen LogP contribution in [0.25, 0.3) is 0 Å². The quantitative estimate of drug-likeness (QED) is 0.606. The minimum Gasteiger partial charge on any atom is -0.274 e. The number of rotatable bonds is 1. The van der Waals surface area contributed by atoms with Gasteiger partial charge in [-0.2, -0.15) is 5.10 Å². The van der Waals surface area contributed by atoms with Crippen LogP contribution < -0.4 is 4.90 Å². The number of anilines is 1. The molecule has 0 aromatic carbocycles. The largest absolute Gasteiger partial charge is 0.274 e. The van der Waals surface area contributed by atoms with Gasteiger partial charge in [0.1, 0.15) is 5.82 Å². The number of hydrogen-bond donors (Lipinski definition) is 0. The van der Waals surface area contributed by atoms with Crippen molar-refractivity contribution >= 4 is 17.6 Å². The van der Waals surface area contributed by atoms with Crippen molar-refractivity contribution in [3.05, 3.63) is 11.8 Å². The van der Waals surface area contributed by atoms with E-state index in [2.05, 4.69) is 5.10 Å². The molecule has 74 valence electrons. The van der Waals surface area contributed by atoms with E-state index in [-0.39, 0.29) is 11.8 Å². The van der Waals surface area contributed by atoms with Crippen LogP contribution in [0.15, 0.2) is 6.07 Å². The van der Waals surface area contributed by atoms with Crippen LogP contribution in [0.3, 0.4) is 0 Å². The van der Waals surface area contributed by atoms with E-state index in [9.17, 15) is 9.59 Å². The highest BCUT2D eigenvalue weighted by Gasteiger charge is 2.32. The number of nitrogens with zero attached hydrogens (tertiary/aromatic N) is 3. The summed E-state index contributed by atoms with van der Waals surface area (Å²) in [7, 11) is 1.72. The summed E-state index contributed by atoms with van der Waals surface area (Å²) in [5, 5.41) is 4.10. The highest BCUT2D eigenvalue weighted by atomic mass is 16.2. The number of amides is 2. The molecule has 5 nitrogen and oxygen atoms in total. The topological polar surface area (TPSA) is 55.2 Å². The van der Waals surface area contributed by atoms with Gasteiger partial charge < -0.3 is 0 Å². The fraction of sp³-hybridized carbons (Fsp3) is 0.444. The molecule has 0 radical (unpaired) electrons. The fourth-order valence-electron chi connectivity index (χ4n) is 1.64. The maximum Gasteiger partial charge on any atom is 0.235 e. The maximum absolute atomic E-state index is 11.4. The van der Waals surface area contributed by atoms with Crippen LogP contribution in [0.5, 0.6) is 0 Å². The SMILES string of the molecule is Cc1cc(N2C(=O)CCC2=O)n(C)n1. The predicted octanol–water partition coefficient (Wildman–Crippen LogP) is 0.382. The lowest BCUT2D eigenvalue weighted by molar-refractivity contribution is -0.121. The van der Waals surface area contributed by atoms with Gasteiger partial charge in [-0.15, -0.1) is 0 Å². The smallest absolute Gasteiger partial charge is 0.235 e. The highest BCUT2D eigenvalue weighted by molar-refractivity contribution is 6.19. The van der Waals surface area contributed by atoms with Crippen LogP contribution >= 0.6 is 0 Å². The van der Waals surface area contributed by atoms with Crippen molar-refractivity contribution in [1.29, 1.82) is 0 Å². The standard InChI is InChI=1S/C9H11N3O2/c1-6-5-7(11(2)10-6)12-8(13)3-4-9(12)14/h5H,3-4H2,1-2H3. The first-order valence-corrected chi connectivity index (χ1v) is 4.46. The molecular formula is C9H11N3O2. The van der Waals surface area contributed by atoms with Crippen molar-refractivity contribution < 1.29 is 9.59 Å². The zero-order chi connectivity index (χ0) is 10.3. The molecule has 0 unspecified atom stereocenters. The molecule has 1 aliphatic rings. The third-order valence-corrected chi connectivity index (χ3v) is 2.26.